The molecule has 7 heteroatoms. The van der Waals surface area contributed by atoms with Gasteiger partial charge >= 0.3 is 0 Å². The third-order valence-corrected chi connectivity index (χ3v) is 5.62. The summed E-state index contributed by atoms with van der Waals surface area (Å²) in [5, 5.41) is 3.07. The number of nitrogens with zero attached hydrogens (tertiary/aromatic N) is 2. The number of carbonyl (C=O) groups is 2. The van der Waals surface area contributed by atoms with Gasteiger partial charge in [0.25, 0.3) is 5.91 Å². The molecule has 154 valence electrons. The second kappa shape index (κ2) is 8.39. The molecule has 1 aliphatic heterocycles. The molecule has 2 aliphatic rings. The van der Waals surface area contributed by atoms with Crippen molar-refractivity contribution >= 4 is 17.5 Å². The second-order valence-electron chi connectivity index (χ2n) is 8.08. The fourth-order valence-electron chi connectivity index (χ4n) is 3.44. The van der Waals surface area contributed by atoms with E-state index in [1.165, 1.54) is 0 Å². The number of benzene rings is 1. The van der Waals surface area contributed by atoms with Crippen LogP contribution in [0.4, 0.5) is 5.69 Å². The van der Waals surface area contributed by atoms with Gasteiger partial charge in [0.1, 0.15) is 12.4 Å². The van der Waals surface area contributed by atoms with Crippen LogP contribution in [0.25, 0.3) is 0 Å². The summed E-state index contributed by atoms with van der Waals surface area (Å²) in [6.45, 7) is 4.52. The molecule has 1 N–H and O–H groups in total. The highest BCUT2D eigenvalue weighted by molar-refractivity contribution is 5.95. The predicted octanol–water partition coefficient (Wildman–Crippen LogP) is 1.91. The molecule has 1 heterocycles. The Labute approximate surface area is 167 Å². The van der Waals surface area contributed by atoms with Gasteiger partial charge in [0, 0.05) is 45.3 Å². The van der Waals surface area contributed by atoms with Crippen LogP contribution in [-0.2, 0) is 9.53 Å². The molecular weight excluding hydrogens is 358 g/mol. The molecule has 1 saturated carbocycles. The van der Waals surface area contributed by atoms with Gasteiger partial charge in [0.2, 0.25) is 5.91 Å². The topological polar surface area (TPSA) is 71.1 Å². The van der Waals surface area contributed by atoms with Gasteiger partial charge < -0.3 is 24.6 Å². The maximum absolute atomic E-state index is 12.5. The summed E-state index contributed by atoms with van der Waals surface area (Å²) in [6.07, 6.45) is 2.57. The van der Waals surface area contributed by atoms with Crippen molar-refractivity contribution in [2.45, 2.75) is 32.2 Å². The van der Waals surface area contributed by atoms with E-state index in [1.807, 2.05) is 31.0 Å². The van der Waals surface area contributed by atoms with E-state index in [-0.39, 0.29) is 23.3 Å². The molecule has 1 aromatic rings. The number of carbonyl (C=O) groups excluding carboxylic acids is 2. The highest BCUT2D eigenvalue weighted by Crippen LogP contribution is 2.45. The standard InChI is InChI=1S/C21H31N3O4/c1-5-27-14-21(8-9-21)13-22-19(25)11-16-12-28-18-7-6-15(20(26)23(2)3)10-17(18)24(16)4/h6-7,10,16H,5,8-9,11-14H2,1-4H3,(H,22,25)/t16-/m0/s1. The third kappa shape index (κ3) is 4.58. The highest BCUT2D eigenvalue weighted by Gasteiger charge is 2.43. The minimum Gasteiger partial charge on any atom is -0.489 e. The Morgan fingerprint density at radius 2 is 2.11 bits per heavy atom. The minimum atomic E-state index is -0.0701. The van der Waals surface area contributed by atoms with E-state index in [0.29, 0.717) is 38.3 Å². The van der Waals surface area contributed by atoms with Crippen LogP contribution in [0, 0.1) is 5.41 Å². The van der Waals surface area contributed by atoms with Crippen LogP contribution in [0.15, 0.2) is 18.2 Å². The molecule has 7 nitrogen and oxygen atoms in total. The zero-order valence-corrected chi connectivity index (χ0v) is 17.3. The van der Waals surface area contributed by atoms with Crippen LogP contribution in [0.1, 0.15) is 36.5 Å². The Balaban J connectivity index is 1.59. The van der Waals surface area contributed by atoms with E-state index >= 15 is 0 Å². The summed E-state index contributed by atoms with van der Waals surface area (Å²) in [4.78, 5) is 28.3. The number of likely N-dealkylation sites (N-methyl/N-ethyl adjacent to an activating group) is 1. The first-order valence-electron chi connectivity index (χ1n) is 9.91. The molecular formula is C21H31N3O4. The number of rotatable bonds is 8. The van der Waals surface area contributed by atoms with Gasteiger partial charge in [-0.05, 0) is 38.0 Å². The van der Waals surface area contributed by atoms with Crippen LogP contribution < -0.4 is 15.0 Å². The maximum atomic E-state index is 12.5. The Bertz CT molecular complexity index is 730. The molecule has 0 spiro atoms. The number of fused-ring (bicyclic) bond motifs is 1. The number of hydrogen-bond acceptors (Lipinski definition) is 5. The molecule has 0 unspecified atom stereocenters. The van der Waals surface area contributed by atoms with Gasteiger partial charge in [-0.2, -0.15) is 0 Å². The highest BCUT2D eigenvalue weighted by atomic mass is 16.5. The molecule has 28 heavy (non-hydrogen) atoms. The molecule has 0 saturated heterocycles. The number of nitrogens with one attached hydrogen (secondary N) is 1. The first-order valence-corrected chi connectivity index (χ1v) is 9.91. The van der Waals surface area contributed by atoms with Crippen molar-refractivity contribution in [3.63, 3.8) is 0 Å². The van der Waals surface area contributed by atoms with Gasteiger partial charge in [-0.25, -0.2) is 0 Å². The van der Waals surface area contributed by atoms with Crippen molar-refractivity contribution < 1.29 is 19.1 Å². The molecule has 1 atom stereocenters. The van der Waals surface area contributed by atoms with Crippen molar-refractivity contribution in [3.8, 4) is 5.75 Å². The molecule has 3 rings (SSSR count). The average Bonchev–Trinajstić information content (AvgIpc) is 3.46. The fourth-order valence-corrected chi connectivity index (χ4v) is 3.44. The Hall–Kier alpha value is -2.28. The Morgan fingerprint density at radius 1 is 1.36 bits per heavy atom. The van der Waals surface area contributed by atoms with Crippen LogP contribution in [0.3, 0.4) is 0 Å². The van der Waals surface area contributed by atoms with Crippen molar-refractivity contribution in [2.24, 2.45) is 5.41 Å². The van der Waals surface area contributed by atoms with E-state index in [4.69, 9.17) is 9.47 Å². The largest absolute Gasteiger partial charge is 0.489 e. The zero-order chi connectivity index (χ0) is 20.3. The van der Waals surface area contributed by atoms with E-state index in [9.17, 15) is 9.59 Å². The molecule has 1 aromatic carbocycles. The lowest BCUT2D eigenvalue weighted by molar-refractivity contribution is -0.122. The Kier molecular flexibility index (Phi) is 6.13. The number of anilines is 1. The summed E-state index contributed by atoms with van der Waals surface area (Å²) < 4.78 is 11.4. The Morgan fingerprint density at radius 3 is 2.75 bits per heavy atom. The molecule has 0 radical (unpaired) electrons. The number of hydrogen-bond donors (Lipinski definition) is 1. The van der Waals surface area contributed by atoms with Gasteiger partial charge in [-0.1, -0.05) is 0 Å². The van der Waals surface area contributed by atoms with Gasteiger partial charge in [0.05, 0.1) is 24.8 Å². The average molecular weight is 389 g/mol. The normalized spacial score (nSPS) is 19.4. The second-order valence-corrected chi connectivity index (χ2v) is 8.08. The first-order chi connectivity index (χ1) is 13.3. The SMILES string of the molecule is CCOCC1(CNC(=O)C[C@H]2COc3ccc(C(=O)N(C)C)cc3N2C)CC1. The molecule has 2 amide bonds. The van der Waals surface area contributed by atoms with Gasteiger partial charge in [-0.15, -0.1) is 0 Å². The lowest BCUT2D eigenvalue weighted by Gasteiger charge is -2.36. The lowest BCUT2D eigenvalue weighted by Crippen LogP contribution is -2.44. The van der Waals surface area contributed by atoms with Crippen LogP contribution in [0.5, 0.6) is 5.75 Å². The van der Waals surface area contributed by atoms with Gasteiger partial charge in [-0.3, -0.25) is 9.59 Å². The summed E-state index contributed by atoms with van der Waals surface area (Å²) >= 11 is 0. The van der Waals surface area contributed by atoms with E-state index in [2.05, 4.69) is 5.32 Å². The summed E-state index contributed by atoms with van der Waals surface area (Å²) in [5.41, 5.74) is 1.58. The lowest BCUT2D eigenvalue weighted by atomic mass is 10.1. The monoisotopic (exact) mass is 389 g/mol. The molecule has 0 aromatic heterocycles. The summed E-state index contributed by atoms with van der Waals surface area (Å²) in [6, 6.07) is 5.36. The van der Waals surface area contributed by atoms with Crippen molar-refractivity contribution in [1.29, 1.82) is 0 Å². The molecule has 1 aliphatic carbocycles. The van der Waals surface area contributed by atoms with Crippen molar-refractivity contribution in [1.82, 2.24) is 10.2 Å². The smallest absolute Gasteiger partial charge is 0.253 e. The van der Waals surface area contributed by atoms with E-state index < -0.39 is 0 Å². The molecule has 1 fully saturated rings. The summed E-state index contributed by atoms with van der Waals surface area (Å²) in [7, 11) is 5.40. The third-order valence-electron chi connectivity index (χ3n) is 5.62. The molecule has 0 bridgehead atoms. The quantitative estimate of drug-likeness (QED) is 0.735. The minimum absolute atomic E-state index is 0.0206. The van der Waals surface area contributed by atoms with Gasteiger partial charge in [0.15, 0.2) is 0 Å². The van der Waals surface area contributed by atoms with Crippen LogP contribution in [-0.4, -0.2) is 70.3 Å². The van der Waals surface area contributed by atoms with Crippen LogP contribution >= 0.6 is 0 Å². The van der Waals surface area contributed by atoms with E-state index in [0.717, 1.165) is 24.3 Å². The maximum Gasteiger partial charge on any atom is 0.253 e. The fraction of sp³-hybridized carbons (Fsp3) is 0.619. The number of amides is 2. The van der Waals surface area contributed by atoms with E-state index in [1.54, 1.807) is 25.1 Å². The zero-order valence-electron chi connectivity index (χ0n) is 17.3. The van der Waals surface area contributed by atoms with Crippen LogP contribution in [0.2, 0.25) is 0 Å². The van der Waals surface area contributed by atoms with Crippen molar-refractivity contribution in [3.05, 3.63) is 23.8 Å². The van der Waals surface area contributed by atoms with Crippen molar-refractivity contribution in [2.75, 3.05) is 52.4 Å². The summed E-state index contributed by atoms with van der Waals surface area (Å²) in [5.74, 6) is 0.704. The predicted molar refractivity (Wildman–Crippen MR) is 108 cm³/mol. The first kappa shape index (κ1) is 20.5. The number of ether oxygens (including phenoxy) is 2.